The fraction of sp³-hybridized carbons (Fsp3) is 0.286. The van der Waals surface area contributed by atoms with Crippen LogP contribution in [-0.4, -0.2) is 33.7 Å². The van der Waals surface area contributed by atoms with Crippen LogP contribution in [0.5, 0.6) is 0 Å². The van der Waals surface area contributed by atoms with Crippen molar-refractivity contribution in [3.05, 3.63) is 57.6 Å². The van der Waals surface area contributed by atoms with Crippen molar-refractivity contribution in [1.29, 1.82) is 0 Å². The Labute approximate surface area is 184 Å². The molecule has 0 bridgehead atoms. The summed E-state index contributed by atoms with van der Waals surface area (Å²) in [5, 5.41) is 3.45. The Bertz CT molecular complexity index is 994. The lowest BCUT2D eigenvalue weighted by molar-refractivity contribution is -0.128. The Kier molecular flexibility index (Phi) is 6.88. The highest BCUT2D eigenvalue weighted by Crippen LogP contribution is 2.34. The fourth-order valence-corrected chi connectivity index (χ4v) is 4.49. The summed E-state index contributed by atoms with van der Waals surface area (Å²) in [6, 6.07) is 11.0. The molecule has 1 unspecified atom stereocenters. The number of hydrogen-bond acceptors (Lipinski definition) is 4. The Balaban J connectivity index is 1.76. The van der Waals surface area contributed by atoms with Gasteiger partial charge >= 0.3 is 0 Å². The molecule has 2 aromatic rings. The van der Waals surface area contributed by atoms with Gasteiger partial charge in [-0.1, -0.05) is 53.2 Å². The first-order chi connectivity index (χ1) is 13.8. The SMILES string of the molecule is CCN1C(=O)C(CC(=O)Nc2cccc(Cl)c2Cl)SC1=Nc1cc(C)ccc1C. The number of nitrogens with zero attached hydrogens (tertiary/aromatic N) is 2. The smallest absolute Gasteiger partial charge is 0.242 e. The number of carbonyl (C=O) groups excluding carboxylic acids is 2. The number of benzene rings is 2. The number of thioether (sulfide) groups is 1. The van der Waals surface area contributed by atoms with Gasteiger partial charge in [0, 0.05) is 13.0 Å². The third kappa shape index (κ3) is 4.94. The Morgan fingerprint density at radius 2 is 2.00 bits per heavy atom. The van der Waals surface area contributed by atoms with Crippen LogP contribution in [0.2, 0.25) is 10.0 Å². The summed E-state index contributed by atoms with van der Waals surface area (Å²) in [6.07, 6.45) is 0.0225. The maximum absolute atomic E-state index is 12.8. The largest absolute Gasteiger partial charge is 0.325 e. The molecule has 1 aliphatic heterocycles. The van der Waals surface area contributed by atoms with Crippen LogP contribution in [0.4, 0.5) is 11.4 Å². The molecule has 29 heavy (non-hydrogen) atoms. The highest BCUT2D eigenvalue weighted by molar-refractivity contribution is 8.15. The summed E-state index contributed by atoms with van der Waals surface area (Å²) in [6.45, 7) is 6.37. The van der Waals surface area contributed by atoms with E-state index in [-0.39, 0.29) is 23.3 Å². The van der Waals surface area contributed by atoms with Crippen molar-refractivity contribution in [3.63, 3.8) is 0 Å². The molecule has 1 fully saturated rings. The average molecular weight is 450 g/mol. The van der Waals surface area contributed by atoms with Gasteiger partial charge in [-0.2, -0.15) is 0 Å². The molecule has 2 amide bonds. The van der Waals surface area contributed by atoms with Crippen LogP contribution in [0.25, 0.3) is 0 Å². The van der Waals surface area contributed by atoms with Crippen molar-refractivity contribution in [1.82, 2.24) is 4.90 Å². The molecule has 3 rings (SSSR count). The second-order valence-electron chi connectivity index (χ2n) is 6.73. The molecule has 152 valence electrons. The number of nitrogens with one attached hydrogen (secondary N) is 1. The zero-order valence-electron chi connectivity index (χ0n) is 16.3. The van der Waals surface area contributed by atoms with Gasteiger partial charge in [0.1, 0.15) is 5.25 Å². The lowest BCUT2D eigenvalue weighted by Crippen LogP contribution is -2.33. The number of amides is 2. The maximum Gasteiger partial charge on any atom is 0.242 e. The van der Waals surface area contributed by atoms with Crippen molar-refractivity contribution >= 4 is 63.3 Å². The molecule has 1 atom stereocenters. The van der Waals surface area contributed by atoms with Gasteiger partial charge in [-0.25, -0.2) is 4.99 Å². The molecule has 5 nitrogen and oxygen atoms in total. The van der Waals surface area contributed by atoms with E-state index in [0.717, 1.165) is 16.8 Å². The Morgan fingerprint density at radius 3 is 2.72 bits per heavy atom. The molecule has 0 saturated carbocycles. The number of rotatable bonds is 5. The first-order valence-electron chi connectivity index (χ1n) is 9.18. The molecule has 1 heterocycles. The minimum atomic E-state index is -0.531. The summed E-state index contributed by atoms with van der Waals surface area (Å²) in [5.74, 6) is -0.419. The van der Waals surface area contributed by atoms with Gasteiger partial charge in [-0.15, -0.1) is 0 Å². The first kappa shape index (κ1) is 21.7. The van der Waals surface area contributed by atoms with Gasteiger partial charge in [-0.3, -0.25) is 14.5 Å². The number of anilines is 1. The van der Waals surface area contributed by atoms with E-state index in [4.69, 9.17) is 28.2 Å². The van der Waals surface area contributed by atoms with Crippen LogP contribution in [0.15, 0.2) is 41.4 Å². The fourth-order valence-electron chi connectivity index (χ4n) is 2.93. The normalized spacial score (nSPS) is 17.8. The maximum atomic E-state index is 12.8. The molecular formula is C21H21Cl2N3O2S. The Morgan fingerprint density at radius 1 is 1.24 bits per heavy atom. The van der Waals surface area contributed by atoms with Gasteiger partial charge in [0.2, 0.25) is 11.8 Å². The second-order valence-corrected chi connectivity index (χ2v) is 8.68. The van der Waals surface area contributed by atoms with Crippen molar-refractivity contribution in [2.24, 2.45) is 4.99 Å². The van der Waals surface area contributed by atoms with Crippen LogP contribution < -0.4 is 5.32 Å². The van der Waals surface area contributed by atoms with Gasteiger partial charge in [0.15, 0.2) is 5.17 Å². The summed E-state index contributed by atoms with van der Waals surface area (Å²) in [5.41, 5.74) is 3.39. The van der Waals surface area contributed by atoms with E-state index in [0.29, 0.717) is 22.4 Å². The zero-order valence-corrected chi connectivity index (χ0v) is 18.7. The van der Waals surface area contributed by atoms with Crippen molar-refractivity contribution < 1.29 is 9.59 Å². The van der Waals surface area contributed by atoms with Crippen molar-refractivity contribution in [2.45, 2.75) is 32.4 Å². The van der Waals surface area contributed by atoms with Gasteiger partial charge < -0.3 is 5.32 Å². The lowest BCUT2D eigenvalue weighted by atomic mass is 10.1. The molecule has 0 spiro atoms. The Hall–Kier alpha value is -2.02. The van der Waals surface area contributed by atoms with Crippen LogP contribution in [0.1, 0.15) is 24.5 Å². The number of carbonyl (C=O) groups is 2. The number of halogens is 2. The zero-order chi connectivity index (χ0) is 21.1. The van der Waals surface area contributed by atoms with E-state index in [2.05, 4.69) is 5.32 Å². The van der Waals surface area contributed by atoms with Crippen LogP contribution in [0.3, 0.4) is 0 Å². The molecule has 8 heteroatoms. The standard InChI is InChI=1S/C21H21Cl2N3O2S/c1-4-26-20(28)17(11-18(27)24-15-7-5-6-14(22)19(15)23)29-21(26)25-16-10-12(2)8-9-13(16)3/h5-10,17H,4,11H2,1-3H3,(H,24,27). The minimum absolute atomic E-state index is 0.0225. The number of hydrogen-bond donors (Lipinski definition) is 1. The molecule has 1 saturated heterocycles. The summed E-state index contributed by atoms with van der Waals surface area (Å²) >= 11 is 13.4. The van der Waals surface area contributed by atoms with E-state index in [1.807, 2.05) is 39.0 Å². The van der Waals surface area contributed by atoms with Gasteiger partial charge in [0.05, 0.1) is 21.4 Å². The summed E-state index contributed by atoms with van der Waals surface area (Å²) in [4.78, 5) is 31.6. The monoisotopic (exact) mass is 449 g/mol. The van der Waals surface area contributed by atoms with Crippen LogP contribution in [-0.2, 0) is 9.59 Å². The number of amidine groups is 1. The van der Waals surface area contributed by atoms with Crippen LogP contribution >= 0.6 is 35.0 Å². The molecule has 0 aliphatic carbocycles. The van der Waals surface area contributed by atoms with Gasteiger partial charge in [-0.05, 0) is 50.1 Å². The van der Waals surface area contributed by atoms with Crippen LogP contribution in [0, 0.1) is 13.8 Å². The van der Waals surface area contributed by atoms with Crippen molar-refractivity contribution in [2.75, 3.05) is 11.9 Å². The summed E-state index contributed by atoms with van der Waals surface area (Å²) in [7, 11) is 0. The lowest BCUT2D eigenvalue weighted by Gasteiger charge is -2.14. The molecule has 1 aliphatic rings. The molecule has 0 radical (unpaired) electrons. The highest BCUT2D eigenvalue weighted by Gasteiger charge is 2.38. The van der Waals surface area contributed by atoms with E-state index < -0.39 is 5.25 Å². The van der Waals surface area contributed by atoms with E-state index in [1.54, 1.807) is 23.1 Å². The predicted octanol–water partition coefficient (Wildman–Crippen LogP) is 5.59. The highest BCUT2D eigenvalue weighted by atomic mass is 35.5. The van der Waals surface area contributed by atoms with E-state index >= 15 is 0 Å². The van der Waals surface area contributed by atoms with Gasteiger partial charge in [0.25, 0.3) is 0 Å². The topological polar surface area (TPSA) is 61.8 Å². The van der Waals surface area contributed by atoms with E-state index in [1.165, 1.54) is 11.8 Å². The summed E-state index contributed by atoms with van der Waals surface area (Å²) < 4.78 is 0. The number of aryl methyl sites for hydroxylation is 2. The second kappa shape index (κ2) is 9.20. The quantitative estimate of drug-likeness (QED) is 0.646. The molecule has 0 aromatic heterocycles. The molecule has 2 aromatic carbocycles. The predicted molar refractivity (Wildman–Crippen MR) is 121 cm³/mol. The minimum Gasteiger partial charge on any atom is -0.325 e. The number of aliphatic imine (C=N–C) groups is 1. The third-order valence-electron chi connectivity index (χ3n) is 4.51. The van der Waals surface area contributed by atoms with E-state index in [9.17, 15) is 9.59 Å². The molecular weight excluding hydrogens is 429 g/mol. The first-order valence-corrected chi connectivity index (χ1v) is 10.8. The average Bonchev–Trinajstić information content (AvgIpc) is 2.96. The molecule has 1 N–H and O–H groups in total. The third-order valence-corrected chi connectivity index (χ3v) is 6.51. The van der Waals surface area contributed by atoms with Crippen molar-refractivity contribution in [3.8, 4) is 0 Å².